The number of aryl methyl sites for hydroxylation is 1. The molecular formula is C16H18F2N4O2. The van der Waals surface area contributed by atoms with Crippen LogP contribution in [0.1, 0.15) is 40.5 Å². The molecule has 3 rings (SSSR count). The number of halogens is 2. The molecule has 1 heterocycles. The number of carbonyl (C=O) groups excluding carboxylic acids is 1. The number of hydrogen-bond donors (Lipinski definition) is 3. The average molecular weight is 336 g/mol. The Kier molecular flexibility index (Phi) is 4.57. The van der Waals surface area contributed by atoms with Crippen LogP contribution >= 0.6 is 0 Å². The first-order valence-electron chi connectivity index (χ1n) is 7.73. The van der Waals surface area contributed by atoms with Crippen LogP contribution in [0, 0.1) is 24.5 Å². The first kappa shape index (κ1) is 16.5. The zero-order valence-electron chi connectivity index (χ0n) is 13.1. The van der Waals surface area contributed by atoms with Gasteiger partial charge in [0.05, 0.1) is 11.7 Å². The van der Waals surface area contributed by atoms with E-state index in [4.69, 9.17) is 0 Å². The first-order chi connectivity index (χ1) is 11.5. The van der Waals surface area contributed by atoms with Crippen molar-refractivity contribution in [2.75, 3.05) is 6.54 Å². The molecule has 3 atom stereocenters. The number of nitrogens with zero attached hydrogens (tertiary/aromatic N) is 2. The number of aliphatic hydroxyl groups excluding tert-OH is 1. The minimum atomic E-state index is -0.901. The van der Waals surface area contributed by atoms with Gasteiger partial charge in [0.15, 0.2) is 0 Å². The van der Waals surface area contributed by atoms with Crippen LogP contribution in [0.5, 0.6) is 0 Å². The Bertz CT molecular complexity index is 736. The molecule has 1 aliphatic carbocycles. The van der Waals surface area contributed by atoms with Gasteiger partial charge in [0.25, 0.3) is 5.91 Å². The summed E-state index contributed by atoms with van der Waals surface area (Å²) in [5, 5.41) is 19.3. The molecule has 0 saturated heterocycles. The number of benzene rings is 1. The SMILES string of the molecule is Cc1cc(C(=O)NC[C@@H]2C[C@@H](c3ncn[nH]3)C[C@@H]2O)c(F)cc1F. The molecule has 1 amide bonds. The number of H-pyrrole nitrogens is 1. The van der Waals surface area contributed by atoms with Gasteiger partial charge in [-0.05, 0) is 31.4 Å². The van der Waals surface area contributed by atoms with E-state index in [1.807, 2.05) is 0 Å². The van der Waals surface area contributed by atoms with E-state index in [0.29, 0.717) is 24.7 Å². The maximum Gasteiger partial charge on any atom is 0.254 e. The highest BCUT2D eigenvalue weighted by Gasteiger charge is 2.35. The van der Waals surface area contributed by atoms with Crippen molar-refractivity contribution in [1.29, 1.82) is 0 Å². The zero-order valence-corrected chi connectivity index (χ0v) is 13.1. The lowest BCUT2D eigenvalue weighted by Crippen LogP contribution is -2.33. The third kappa shape index (κ3) is 3.28. The summed E-state index contributed by atoms with van der Waals surface area (Å²) >= 11 is 0. The Hall–Kier alpha value is -2.35. The fourth-order valence-corrected chi connectivity index (χ4v) is 3.11. The van der Waals surface area contributed by atoms with Crippen LogP contribution in [0.15, 0.2) is 18.5 Å². The number of carbonyl (C=O) groups is 1. The van der Waals surface area contributed by atoms with E-state index >= 15 is 0 Å². The van der Waals surface area contributed by atoms with Gasteiger partial charge in [0, 0.05) is 24.4 Å². The van der Waals surface area contributed by atoms with Gasteiger partial charge in [-0.1, -0.05) is 0 Å². The van der Waals surface area contributed by atoms with Crippen LogP contribution in [0.25, 0.3) is 0 Å². The monoisotopic (exact) mass is 336 g/mol. The summed E-state index contributed by atoms with van der Waals surface area (Å²) in [6.45, 7) is 1.68. The van der Waals surface area contributed by atoms with Crippen LogP contribution in [-0.4, -0.2) is 38.8 Å². The van der Waals surface area contributed by atoms with Crippen molar-refractivity contribution in [2.45, 2.75) is 31.8 Å². The molecule has 1 saturated carbocycles. The second-order valence-electron chi connectivity index (χ2n) is 6.16. The number of aromatic amines is 1. The van der Waals surface area contributed by atoms with E-state index in [1.54, 1.807) is 0 Å². The number of amides is 1. The number of aliphatic hydroxyl groups is 1. The van der Waals surface area contributed by atoms with Crippen LogP contribution in [0.4, 0.5) is 8.78 Å². The fraction of sp³-hybridized carbons (Fsp3) is 0.438. The van der Waals surface area contributed by atoms with E-state index in [0.717, 1.165) is 0 Å². The van der Waals surface area contributed by atoms with Gasteiger partial charge in [0.2, 0.25) is 0 Å². The predicted molar refractivity (Wildman–Crippen MR) is 81.3 cm³/mol. The Morgan fingerprint density at radius 2 is 2.17 bits per heavy atom. The smallest absolute Gasteiger partial charge is 0.254 e. The van der Waals surface area contributed by atoms with E-state index in [1.165, 1.54) is 19.3 Å². The topological polar surface area (TPSA) is 90.9 Å². The van der Waals surface area contributed by atoms with Crippen LogP contribution < -0.4 is 5.32 Å². The summed E-state index contributed by atoms with van der Waals surface area (Å²) < 4.78 is 27.0. The minimum absolute atomic E-state index is 0.0502. The van der Waals surface area contributed by atoms with Gasteiger partial charge >= 0.3 is 0 Å². The molecule has 6 nitrogen and oxygen atoms in total. The van der Waals surface area contributed by atoms with E-state index in [2.05, 4.69) is 20.5 Å². The molecule has 0 radical (unpaired) electrons. The molecule has 1 aromatic heterocycles. The van der Waals surface area contributed by atoms with E-state index in [-0.39, 0.29) is 29.5 Å². The molecule has 8 heteroatoms. The Balaban J connectivity index is 1.61. The second kappa shape index (κ2) is 6.64. The summed E-state index contributed by atoms with van der Waals surface area (Å²) in [6, 6.07) is 1.89. The second-order valence-corrected chi connectivity index (χ2v) is 6.16. The molecule has 3 N–H and O–H groups in total. The Morgan fingerprint density at radius 1 is 1.38 bits per heavy atom. The molecule has 0 bridgehead atoms. The number of rotatable bonds is 4. The van der Waals surface area contributed by atoms with Crippen molar-refractivity contribution >= 4 is 5.91 Å². The molecule has 24 heavy (non-hydrogen) atoms. The molecule has 1 aliphatic rings. The summed E-state index contributed by atoms with van der Waals surface area (Å²) in [5.74, 6) is -1.61. The summed E-state index contributed by atoms with van der Waals surface area (Å²) in [6.07, 6.45) is 2.00. The molecule has 0 aliphatic heterocycles. The third-order valence-corrected chi connectivity index (χ3v) is 4.50. The lowest BCUT2D eigenvalue weighted by molar-refractivity contribution is 0.0912. The first-order valence-corrected chi connectivity index (χ1v) is 7.73. The molecule has 0 unspecified atom stereocenters. The summed E-state index contributed by atoms with van der Waals surface area (Å²) in [5.41, 5.74) is 0.000931. The number of hydrogen-bond acceptors (Lipinski definition) is 4. The Labute approximate surface area is 137 Å². The van der Waals surface area contributed by atoms with Crippen molar-refractivity contribution in [3.8, 4) is 0 Å². The maximum absolute atomic E-state index is 13.7. The van der Waals surface area contributed by atoms with Gasteiger partial charge < -0.3 is 10.4 Å². The maximum atomic E-state index is 13.7. The van der Waals surface area contributed by atoms with Crippen LogP contribution in [0.3, 0.4) is 0 Å². The molecule has 0 spiro atoms. The quantitative estimate of drug-likeness (QED) is 0.792. The minimum Gasteiger partial charge on any atom is -0.393 e. The Morgan fingerprint density at radius 3 is 2.88 bits per heavy atom. The van der Waals surface area contributed by atoms with Crippen molar-refractivity contribution in [3.05, 3.63) is 47.0 Å². The van der Waals surface area contributed by atoms with Crippen molar-refractivity contribution in [1.82, 2.24) is 20.5 Å². The van der Waals surface area contributed by atoms with Gasteiger partial charge in [-0.2, -0.15) is 5.10 Å². The van der Waals surface area contributed by atoms with Gasteiger partial charge in [-0.25, -0.2) is 13.8 Å². The highest BCUT2D eigenvalue weighted by atomic mass is 19.1. The molecule has 1 fully saturated rings. The van der Waals surface area contributed by atoms with Crippen LogP contribution in [-0.2, 0) is 0 Å². The fourth-order valence-electron chi connectivity index (χ4n) is 3.11. The third-order valence-electron chi connectivity index (χ3n) is 4.50. The highest BCUT2D eigenvalue weighted by molar-refractivity contribution is 5.94. The van der Waals surface area contributed by atoms with Crippen molar-refractivity contribution in [3.63, 3.8) is 0 Å². The van der Waals surface area contributed by atoms with Crippen molar-refractivity contribution < 1.29 is 18.7 Å². The largest absolute Gasteiger partial charge is 0.393 e. The number of aromatic nitrogens is 3. The van der Waals surface area contributed by atoms with E-state index < -0.39 is 23.6 Å². The van der Waals surface area contributed by atoms with Gasteiger partial charge in [-0.15, -0.1) is 0 Å². The lowest BCUT2D eigenvalue weighted by atomic mass is 10.0. The zero-order chi connectivity index (χ0) is 17.3. The molecule has 2 aromatic rings. The van der Waals surface area contributed by atoms with Crippen LogP contribution in [0.2, 0.25) is 0 Å². The lowest BCUT2D eigenvalue weighted by Gasteiger charge is -2.15. The highest BCUT2D eigenvalue weighted by Crippen LogP contribution is 2.36. The van der Waals surface area contributed by atoms with Crippen molar-refractivity contribution in [2.24, 2.45) is 5.92 Å². The predicted octanol–water partition coefficient (Wildman–Crippen LogP) is 1.68. The van der Waals surface area contributed by atoms with Gasteiger partial charge in [0.1, 0.15) is 23.8 Å². The van der Waals surface area contributed by atoms with Gasteiger partial charge in [-0.3, -0.25) is 9.89 Å². The summed E-state index contributed by atoms with van der Waals surface area (Å²) in [7, 11) is 0. The van der Waals surface area contributed by atoms with E-state index in [9.17, 15) is 18.7 Å². The number of nitrogens with one attached hydrogen (secondary N) is 2. The molecule has 1 aromatic carbocycles. The summed E-state index contributed by atoms with van der Waals surface area (Å²) in [4.78, 5) is 16.2. The standard InChI is InChI=1S/C16H18F2N4O2/c1-8-2-11(13(18)5-12(8)17)16(24)19-6-10-3-9(4-14(10)23)15-20-7-21-22-15/h2,5,7,9-10,14,23H,3-4,6H2,1H3,(H,19,24)(H,20,21,22)/t9-,10+,14+/m1/s1. The normalized spacial score (nSPS) is 23.4. The molecular weight excluding hydrogens is 318 g/mol. The average Bonchev–Trinajstić information content (AvgIpc) is 3.18. The molecule has 128 valence electrons.